The average Bonchev–Trinajstić information content (AvgIpc) is 2.02. The van der Waals surface area contributed by atoms with Crippen LogP contribution in [0, 0.1) is 11.8 Å². The van der Waals surface area contributed by atoms with Gasteiger partial charge in [0.1, 0.15) is 5.92 Å². The van der Waals surface area contributed by atoms with Gasteiger partial charge in [-0.3, -0.25) is 9.59 Å². The number of carboxylic acid groups (broad SMARTS) is 1. The van der Waals surface area contributed by atoms with Crippen LogP contribution in [0.25, 0.3) is 0 Å². The van der Waals surface area contributed by atoms with Crippen LogP contribution in [0.3, 0.4) is 0 Å². The summed E-state index contributed by atoms with van der Waals surface area (Å²) in [6.07, 6.45) is 0.976. The van der Waals surface area contributed by atoms with Gasteiger partial charge in [0.05, 0.1) is 5.76 Å². The number of allylic oxidation sites excluding steroid dienone is 2. The number of ketones is 1. The molecule has 0 bridgehead atoms. The molecule has 74 valence electrons. The maximum Gasteiger partial charge on any atom is 0.314 e. The lowest BCUT2D eigenvalue weighted by Gasteiger charge is -2.04. The number of hydrogen-bond acceptors (Lipinski definition) is 3. The molecule has 0 aromatic heterocycles. The van der Waals surface area contributed by atoms with Crippen molar-refractivity contribution in [2.24, 2.45) is 11.8 Å². The number of aliphatic hydroxyl groups is 1. The van der Waals surface area contributed by atoms with E-state index in [1.807, 2.05) is 0 Å². The van der Waals surface area contributed by atoms with Crippen LogP contribution in [-0.2, 0) is 9.59 Å². The van der Waals surface area contributed by atoms with E-state index in [0.717, 1.165) is 6.08 Å². The molecule has 0 aromatic rings. The van der Waals surface area contributed by atoms with E-state index < -0.39 is 17.7 Å². The first kappa shape index (κ1) is 11.7. The third kappa shape index (κ3) is 3.73. The fourth-order valence-electron chi connectivity index (χ4n) is 0.559. The normalized spacial score (nSPS) is 14.3. The molecule has 0 fully saturated rings. The highest BCUT2D eigenvalue weighted by molar-refractivity contribution is 6.04. The van der Waals surface area contributed by atoms with Gasteiger partial charge in [-0.25, -0.2) is 0 Å². The van der Waals surface area contributed by atoms with E-state index in [1.165, 1.54) is 6.92 Å². The first-order valence-corrected chi connectivity index (χ1v) is 4.03. The van der Waals surface area contributed by atoms with E-state index in [0.29, 0.717) is 0 Å². The van der Waals surface area contributed by atoms with Gasteiger partial charge in [0.15, 0.2) is 5.78 Å². The van der Waals surface area contributed by atoms with Crippen LogP contribution in [0.15, 0.2) is 11.8 Å². The zero-order valence-corrected chi connectivity index (χ0v) is 7.94. The number of carbonyl (C=O) groups is 2. The molecule has 0 spiro atoms. The monoisotopic (exact) mass is 186 g/mol. The van der Waals surface area contributed by atoms with E-state index in [2.05, 4.69) is 0 Å². The molecule has 0 aliphatic carbocycles. The van der Waals surface area contributed by atoms with Crippen molar-refractivity contribution >= 4 is 11.8 Å². The largest absolute Gasteiger partial charge is 0.512 e. The molecule has 0 saturated carbocycles. The molecule has 0 rings (SSSR count). The second kappa shape index (κ2) is 4.64. The predicted molar refractivity (Wildman–Crippen MR) is 47.4 cm³/mol. The Balaban J connectivity index is 4.46. The maximum atomic E-state index is 11.1. The van der Waals surface area contributed by atoms with Crippen molar-refractivity contribution in [2.45, 2.75) is 20.8 Å². The minimum absolute atomic E-state index is 0.0851. The Morgan fingerprint density at radius 1 is 1.15 bits per heavy atom. The van der Waals surface area contributed by atoms with Crippen molar-refractivity contribution in [3.05, 3.63) is 11.8 Å². The second-order valence-corrected chi connectivity index (χ2v) is 3.19. The summed E-state index contributed by atoms with van der Waals surface area (Å²) in [4.78, 5) is 21.4. The molecule has 0 radical (unpaired) electrons. The van der Waals surface area contributed by atoms with Gasteiger partial charge in [0.25, 0.3) is 0 Å². The van der Waals surface area contributed by atoms with Crippen LogP contribution >= 0.6 is 0 Å². The summed E-state index contributed by atoms with van der Waals surface area (Å²) in [6.45, 7) is 4.71. The summed E-state index contributed by atoms with van der Waals surface area (Å²) in [7, 11) is 0. The SMILES string of the molecule is CC(C(=O)O)C(=O)/C=C(\O)C(C)C. The van der Waals surface area contributed by atoms with Crippen molar-refractivity contribution in [2.75, 3.05) is 0 Å². The van der Waals surface area contributed by atoms with Crippen molar-refractivity contribution in [3.8, 4) is 0 Å². The van der Waals surface area contributed by atoms with Crippen molar-refractivity contribution in [1.82, 2.24) is 0 Å². The Morgan fingerprint density at radius 3 is 1.92 bits per heavy atom. The van der Waals surface area contributed by atoms with Gasteiger partial charge < -0.3 is 10.2 Å². The topological polar surface area (TPSA) is 74.6 Å². The Kier molecular flexibility index (Phi) is 4.17. The van der Waals surface area contributed by atoms with E-state index >= 15 is 0 Å². The van der Waals surface area contributed by atoms with Crippen LogP contribution in [0.5, 0.6) is 0 Å². The molecule has 13 heavy (non-hydrogen) atoms. The van der Waals surface area contributed by atoms with E-state index in [-0.39, 0.29) is 11.7 Å². The minimum Gasteiger partial charge on any atom is -0.512 e. The van der Waals surface area contributed by atoms with Crippen molar-refractivity contribution in [1.29, 1.82) is 0 Å². The van der Waals surface area contributed by atoms with E-state index in [1.54, 1.807) is 13.8 Å². The van der Waals surface area contributed by atoms with E-state index in [9.17, 15) is 14.7 Å². The van der Waals surface area contributed by atoms with Gasteiger partial charge in [-0.05, 0) is 6.92 Å². The first-order valence-electron chi connectivity index (χ1n) is 4.03. The molecule has 2 N–H and O–H groups in total. The third-order valence-corrected chi connectivity index (χ3v) is 1.68. The zero-order valence-electron chi connectivity index (χ0n) is 7.94. The second-order valence-electron chi connectivity index (χ2n) is 3.19. The van der Waals surface area contributed by atoms with Gasteiger partial charge >= 0.3 is 5.97 Å². The first-order chi connectivity index (χ1) is 5.86. The standard InChI is InChI=1S/C9H14O4/c1-5(2)7(10)4-8(11)6(3)9(12)13/h4-6,10H,1-3H3,(H,12,13)/b7-4-. The lowest BCUT2D eigenvalue weighted by Crippen LogP contribution is -2.19. The summed E-state index contributed by atoms with van der Waals surface area (Å²) in [5, 5.41) is 17.6. The number of carbonyl (C=O) groups excluding carboxylic acids is 1. The average molecular weight is 186 g/mol. The molecule has 0 saturated heterocycles. The number of carboxylic acids is 1. The van der Waals surface area contributed by atoms with Crippen LogP contribution < -0.4 is 0 Å². The lowest BCUT2D eigenvalue weighted by molar-refractivity contribution is -0.144. The molecule has 4 heteroatoms. The van der Waals surface area contributed by atoms with Gasteiger partial charge in [-0.1, -0.05) is 13.8 Å². The Labute approximate surface area is 76.9 Å². The van der Waals surface area contributed by atoms with Crippen molar-refractivity contribution in [3.63, 3.8) is 0 Å². The molecule has 1 unspecified atom stereocenters. The summed E-state index contributed by atoms with van der Waals surface area (Å²) in [5.74, 6) is -3.11. The van der Waals surface area contributed by atoms with Crippen LogP contribution in [-0.4, -0.2) is 22.0 Å². The molecule has 1 atom stereocenters. The summed E-state index contributed by atoms with van der Waals surface area (Å²) in [5.41, 5.74) is 0. The summed E-state index contributed by atoms with van der Waals surface area (Å²) in [6, 6.07) is 0. The quantitative estimate of drug-likeness (QED) is 0.395. The number of rotatable bonds is 4. The summed E-state index contributed by atoms with van der Waals surface area (Å²) < 4.78 is 0. The molecule has 4 nitrogen and oxygen atoms in total. The van der Waals surface area contributed by atoms with Crippen LogP contribution in [0.2, 0.25) is 0 Å². The zero-order chi connectivity index (χ0) is 10.6. The Bertz CT molecular complexity index is 240. The predicted octanol–water partition coefficient (Wildman–Crippen LogP) is 1.37. The van der Waals surface area contributed by atoms with Gasteiger partial charge in [-0.2, -0.15) is 0 Å². The molecular formula is C9H14O4. The number of aliphatic carboxylic acids is 1. The van der Waals surface area contributed by atoms with Crippen molar-refractivity contribution < 1.29 is 19.8 Å². The molecule has 0 aromatic carbocycles. The Morgan fingerprint density at radius 2 is 1.62 bits per heavy atom. The summed E-state index contributed by atoms with van der Waals surface area (Å²) >= 11 is 0. The molecule has 0 heterocycles. The fourth-order valence-corrected chi connectivity index (χ4v) is 0.559. The maximum absolute atomic E-state index is 11.1. The van der Waals surface area contributed by atoms with Gasteiger partial charge in [-0.15, -0.1) is 0 Å². The van der Waals surface area contributed by atoms with Crippen LogP contribution in [0.1, 0.15) is 20.8 Å². The van der Waals surface area contributed by atoms with Gasteiger partial charge in [0.2, 0.25) is 0 Å². The molecular weight excluding hydrogens is 172 g/mol. The van der Waals surface area contributed by atoms with Gasteiger partial charge in [0, 0.05) is 12.0 Å². The molecule has 0 amide bonds. The highest BCUT2D eigenvalue weighted by atomic mass is 16.4. The Hall–Kier alpha value is -1.32. The fraction of sp³-hybridized carbons (Fsp3) is 0.556. The van der Waals surface area contributed by atoms with E-state index in [4.69, 9.17) is 5.11 Å². The number of aliphatic hydroxyl groups excluding tert-OH is 1. The molecule has 0 aliphatic heterocycles. The highest BCUT2D eigenvalue weighted by Gasteiger charge is 2.19. The highest BCUT2D eigenvalue weighted by Crippen LogP contribution is 2.07. The smallest absolute Gasteiger partial charge is 0.314 e. The lowest BCUT2D eigenvalue weighted by atomic mass is 10.0. The minimum atomic E-state index is -1.18. The molecule has 0 aliphatic rings. The van der Waals surface area contributed by atoms with Crippen LogP contribution in [0.4, 0.5) is 0 Å². The third-order valence-electron chi connectivity index (χ3n) is 1.68. The number of hydrogen-bond donors (Lipinski definition) is 2.